The molecule has 1 atom stereocenters. The minimum Gasteiger partial charge on any atom is -0.390 e. The smallest absolute Gasteiger partial charge is 0.339 e. The van der Waals surface area contributed by atoms with Gasteiger partial charge in [0.05, 0.1) is 25.3 Å². The van der Waals surface area contributed by atoms with E-state index in [2.05, 4.69) is 20.3 Å². The number of H-pyrrole nitrogens is 1. The predicted molar refractivity (Wildman–Crippen MR) is 73.5 cm³/mol. The molecule has 116 valence electrons. The lowest BCUT2D eigenvalue weighted by atomic mass is 10.3. The molecule has 12 heteroatoms. The Hall–Kier alpha value is -1.78. The number of nitrogens with one attached hydrogen (secondary N) is 2. The van der Waals surface area contributed by atoms with Crippen LogP contribution in [-0.4, -0.2) is 53.3 Å². The summed E-state index contributed by atoms with van der Waals surface area (Å²) in [5, 5.41) is 12.3. The van der Waals surface area contributed by atoms with Crippen LogP contribution in [0.15, 0.2) is 11.1 Å². The fraction of sp³-hybridized carbons (Fsp3) is 0.444. The number of aromatic amines is 1. The number of aromatic nitrogens is 4. The summed E-state index contributed by atoms with van der Waals surface area (Å²) in [4.78, 5) is 39.0. The highest BCUT2D eigenvalue weighted by Gasteiger charge is 2.15. The Kier molecular flexibility index (Phi) is 4.40. The SMILES string of the molecule is Nc1nc2c(ncn2CC(O)CNCP(=O)(O)O)c(=O)[nH]1. The molecule has 0 amide bonds. The van der Waals surface area contributed by atoms with Gasteiger partial charge in [-0.15, -0.1) is 0 Å². The summed E-state index contributed by atoms with van der Waals surface area (Å²) in [6.45, 7) is 0.00398. The van der Waals surface area contributed by atoms with E-state index in [1.54, 1.807) is 0 Å². The molecular weight excluding hydrogens is 303 g/mol. The second-order valence-electron chi connectivity index (χ2n) is 4.45. The first-order valence-corrected chi connectivity index (χ1v) is 7.70. The van der Waals surface area contributed by atoms with Gasteiger partial charge < -0.3 is 30.5 Å². The van der Waals surface area contributed by atoms with Crippen molar-refractivity contribution in [2.45, 2.75) is 12.6 Å². The quantitative estimate of drug-likeness (QED) is 0.322. The van der Waals surface area contributed by atoms with E-state index in [4.69, 9.17) is 15.5 Å². The van der Waals surface area contributed by atoms with Crippen LogP contribution in [0.25, 0.3) is 11.2 Å². The van der Waals surface area contributed by atoms with Crippen LogP contribution in [0.2, 0.25) is 0 Å². The molecule has 0 aliphatic rings. The second kappa shape index (κ2) is 5.92. The Morgan fingerprint density at radius 2 is 2.24 bits per heavy atom. The Bertz CT molecular complexity index is 736. The summed E-state index contributed by atoms with van der Waals surface area (Å²) < 4.78 is 12.1. The Balaban J connectivity index is 2.06. The first kappa shape index (κ1) is 15.6. The van der Waals surface area contributed by atoms with Crippen LogP contribution in [0, 0.1) is 0 Å². The van der Waals surface area contributed by atoms with E-state index in [9.17, 15) is 14.5 Å². The number of nitrogen functional groups attached to an aromatic ring is 1. The van der Waals surface area contributed by atoms with Gasteiger partial charge in [0, 0.05) is 6.54 Å². The van der Waals surface area contributed by atoms with E-state index >= 15 is 0 Å². The number of hydrogen-bond acceptors (Lipinski definition) is 7. The van der Waals surface area contributed by atoms with E-state index < -0.39 is 25.5 Å². The molecule has 2 rings (SSSR count). The summed E-state index contributed by atoms with van der Waals surface area (Å²) in [6, 6.07) is 0. The number of nitrogens with two attached hydrogens (primary N) is 1. The van der Waals surface area contributed by atoms with Gasteiger partial charge in [0.1, 0.15) is 0 Å². The first-order chi connectivity index (χ1) is 9.76. The van der Waals surface area contributed by atoms with Crippen molar-refractivity contribution in [2.24, 2.45) is 0 Å². The maximum absolute atomic E-state index is 11.6. The lowest BCUT2D eigenvalue weighted by Gasteiger charge is -2.13. The molecule has 0 aromatic carbocycles. The third-order valence-electron chi connectivity index (χ3n) is 2.60. The minimum absolute atomic E-state index is 0.0382. The average molecular weight is 318 g/mol. The van der Waals surface area contributed by atoms with E-state index in [1.807, 2.05) is 0 Å². The van der Waals surface area contributed by atoms with Crippen LogP contribution >= 0.6 is 7.60 Å². The molecule has 0 radical (unpaired) electrons. The van der Waals surface area contributed by atoms with E-state index in [-0.39, 0.29) is 30.2 Å². The van der Waals surface area contributed by atoms with Gasteiger partial charge in [0.2, 0.25) is 5.95 Å². The van der Waals surface area contributed by atoms with Gasteiger partial charge in [-0.2, -0.15) is 4.98 Å². The highest BCUT2D eigenvalue weighted by molar-refractivity contribution is 7.51. The van der Waals surface area contributed by atoms with Crippen LogP contribution in [0.5, 0.6) is 0 Å². The van der Waals surface area contributed by atoms with Crippen molar-refractivity contribution in [1.82, 2.24) is 24.8 Å². The molecule has 2 aromatic rings. The van der Waals surface area contributed by atoms with Crippen LogP contribution in [0.1, 0.15) is 0 Å². The van der Waals surface area contributed by atoms with E-state index in [0.29, 0.717) is 0 Å². The number of aliphatic hydroxyl groups is 1. The number of rotatable bonds is 6. The molecule has 0 saturated carbocycles. The topological polar surface area (TPSA) is 179 Å². The Labute approximate surface area is 118 Å². The van der Waals surface area contributed by atoms with Crippen molar-refractivity contribution >= 4 is 24.7 Å². The van der Waals surface area contributed by atoms with Crippen LogP contribution in [0.4, 0.5) is 5.95 Å². The number of nitrogens with zero attached hydrogens (tertiary/aromatic N) is 3. The van der Waals surface area contributed by atoms with Crippen molar-refractivity contribution in [3.05, 3.63) is 16.7 Å². The summed E-state index contributed by atoms with van der Waals surface area (Å²) >= 11 is 0. The molecule has 2 aromatic heterocycles. The predicted octanol–water partition coefficient (Wildman–Crippen LogP) is -2.21. The fourth-order valence-corrected chi connectivity index (χ4v) is 2.19. The molecule has 11 nitrogen and oxygen atoms in total. The van der Waals surface area contributed by atoms with Gasteiger partial charge in [-0.3, -0.25) is 14.3 Å². The summed E-state index contributed by atoms with van der Waals surface area (Å²) in [5.74, 6) is -0.0663. The van der Waals surface area contributed by atoms with Gasteiger partial charge in [0.25, 0.3) is 5.56 Å². The lowest BCUT2D eigenvalue weighted by molar-refractivity contribution is 0.154. The van der Waals surface area contributed by atoms with Crippen LogP contribution in [0.3, 0.4) is 0 Å². The number of fused-ring (bicyclic) bond motifs is 1. The highest BCUT2D eigenvalue weighted by atomic mass is 31.2. The molecule has 1 unspecified atom stereocenters. The zero-order chi connectivity index (χ0) is 15.6. The summed E-state index contributed by atoms with van der Waals surface area (Å²) in [7, 11) is -4.16. The number of anilines is 1. The maximum atomic E-state index is 11.6. The monoisotopic (exact) mass is 318 g/mol. The normalized spacial score (nSPS) is 13.7. The molecule has 0 bridgehead atoms. The lowest BCUT2D eigenvalue weighted by Crippen LogP contribution is -2.30. The minimum atomic E-state index is -4.16. The molecule has 2 heterocycles. The standard InChI is InChI=1S/C9H15N6O5P/c10-9-13-7-6(8(17)14-9)12-3-15(7)2-5(16)1-11-4-21(18,19)20/h3,5,11,16H,1-2,4H2,(H2,18,19,20)(H3,10,13,14,17). The maximum Gasteiger partial charge on any atom is 0.339 e. The van der Waals surface area contributed by atoms with Gasteiger partial charge in [-0.25, -0.2) is 4.98 Å². The second-order valence-corrected chi connectivity index (χ2v) is 6.10. The van der Waals surface area contributed by atoms with Crippen molar-refractivity contribution < 1.29 is 19.5 Å². The first-order valence-electron chi connectivity index (χ1n) is 5.90. The van der Waals surface area contributed by atoms with Gasteiger partial charge in [-0.1, -0.05) is 0 Å². The van der Waals surface area contributed by atoms with E-state index in [1.165, 1.54) is 10.9 Å². The van der Waals surface area contributed by atoms with Crippen molar-refractivity contribution in [2.75, 3.05) is 18.6 Å². The summed E-state index contributed by atoms with van der Waals surface area (Å²) in [6.07, 6.45) is -0.144. The van der Waals surface area contributed by atoms with Crippen molar-refractivity contribution in [3.8, 4) is 0 Å². The van der Waals surface area contributed by atoms with Crippen LogP contribution in [-0.2, 0) is 11.1 Å². The third-order valence-corrected chi connectivity index (χ3v) is 3.23. The molecule has 0 spiro atoms. The molecular formula is C9H15N6O5P. The van der Waals surface area contributed by atoms with Gasteiger partial charge in [-0.05, 0) is 0 Å². The zero-order valence-electron chi connectivity index (χ0n) is 10.8. The molecule has 0 aliphatic carbocycles. The third kappa shape index (κ3) is 4.09. The summed E-state index contributed by atoms with van der Waals surface area (Å²) in [5.41, 5.74) is 5.29. The van der Waals surface area contributed by atoms with E-state index in [0.717, 1.165) is 0 Å². The Morgan fingerprint density at radius 1 is 1.52 bits per heavy atom. The fourth-order valence-electron chi connectivity index (χ4n) is 1.77. The Morgan fingerprint density at radius 3 is 2.90 bits per heavy atom. The number of aliphatic hydroxyl groups excluding tert-OH is 1. The highest BCUT2D eigenvalue weighted by Crippen LogP contribution is 2.31. The molecule has 7 N–H and O–H groups in total. The number of hydrogen-bond donors (Lipinski definition) is 6. The van der Waals surface area contributed by atoms with Crippen molar-refractivity contribution in [1.29, 1.82) is 0 Å². The van der Waals surface area contributed by atoms with Gasteiger partial charge in [0.15, 0.2) is 11.2 Å². The van der Waals surface area contributed by atoms with Crippen LogP contribution < -0.4 is 16.6 Å². The molecule has 0 aliphatic heterocycles. The van der Waals surface area contributed by atoms with Crippen molar-refractivity contribution in [3.63, 3.8) is 0 Å². The van der Waals surface area contributed by atoms with Gasteiger partial charge >= 0.3 is 7.60 Å². The number of imidazole rings is 1. The molecule has 0 saturated heterocycles. The average Bonchev–Trinajstić information content (AvgIpc) is 2.71. The molecule has 0 fully saturated rings. The largest absolute Gasteiger partial charge is 0.390 e. The molecule has 21 heavy (non-hydrogen) atoms. The zero-order valence-corrected chi connectivity index (χ0v) is 11.7.